The van der Waals surface area contributed by atoms with Crippen molar-refractivity contribution in [2.24, 2.45) is 7.05 Å². The highest BCUT2D eigenvalue weighted by atomic mass is 16.5. The van der Waals surface area contributed by atoms with Crippen molar-refractivity contribution >= 4 is 17.1 Å². The molecule has 1 amide bonds. The molecule has 5 aromatic rings. The number of nitrogens with one attached hydrogen (secondary N) is 2. The zero-order valence-corrected chi connectivity index (χ0v) is 23.1. The molecule has 2 N–H and O–H groups in total. The highest BCUT2D eigenvalue weighted by Gasteiger charge is 2.28. The molecule has 39 heavy (non-hydrogen) atoms. The molecular weight excluding hydrogens is 492 g/mol. The molecule has 0 unspecified atom stereocenters. The number of carbonyl (C=O) groups excluding carboxylic acids is 1. The van der Waals surface area contributed by atoms with E-state index < -0.39 is 0 Å². The third-order valence-corrected chi connectivity index (χ3v) is 7.50. The number of hydrogen-bond donors (Lipinski definition) is 2. The Kier molecular flexibility index (Phi) is 5.85. The minimum absolute atomic E-state index is 0.00279. The Bertz CT molecular complexity index is 1720. The van der Waals surface area contributed by atoms with Gasteiger partial charge in [0.15, 0.2) is 11.5 Å². The molecule has 1 aliphatic rings. The number of H-pyrrole nitrogens is 1. The van der Waals surface area contributed by atoms with Gasteiger partial charge in [-0.25, -0.2) is 9.97 Å². The van der Waals surface area contributed by atoms with Crippen molar-refractivity contribution in [3.05, 3.63) is 64.7 Å². The summed E-state index contributed by atoms with van der Waals surface area (Å²) >= 11 is 0. The number of carbonyl (C=O) groups is 1. The minimum Gasteiger partial charge on any atom is -0.341 e. The molecule has 1 atom stereocenters. The lowest BCUT2D eigenvalue weighted by molar-refractivity contribution is 0.0888. The van der Waals surface area contributed by atoms with Gasteiger partial charge in [-0.2, -0.15) is 10.1 Å². The molecule has 0 aliphatic heterocycles. The Hall–Kier alpha value is -4.34. The fourth-order valence-electron chi connectivity index (χ4n) is 5.36. The van der Waals surface area contributed by atoms with Gasteiger partial charge >= 0.3 is 11.8 Å². The standard InChI is InChI=1S/C29H32N8O2/c1-15-22(16(2)37(6)35-15)24-32-23-20(12-13-30-25(23)33-24)18-10-11-19-17(14-18)8-7-9-21(19)31-26(38)27-34-28(36-39-27)29(3,4)5/h10-14,21H,7-9H2,1-6H3,(H,31,38)(H,30,32,33)/t21-/m0/s1. The van der Waals surface area contributed by atoms with E-state index in [1.54, 1.807) is 6.20 Å². The summed E-state index contributed by atoms with van der Waals surface area (Å²) in [5, 5.41) is 11.6. The van der Waals surface area contributed by atoms with Crippen LogP contribution >= 0.6 is 0 Å². The number of nitrogens with zero attached hydrogens (tertiary/aromatic N) is 6. The molecular formula is C29H32N8O2. The van der Waals surface area contributed by atoms with E-state index in [1.165, 1.54) is 5.56 Å². The van der Waals surface area contributed by atoms with Crippen LogP contribution in [-0.4, -0.2) is 40.8 Å². The van der Waals surface area contributed by atoms with Crippen LogP contribution in [0.3, 0.4) is 0 Å². The predicted octanol–water partition coefficient (Wildman–Crippen LogP) is 5.13. The van der Waals surface area contributed by atoms with Gasteiger partial charge in [-0.3, -0.25) is 9.48 Å². The predicted molar refractivity (Wildman–Crippen MR) is 147 cm³/mol. The monoisotopic (exact) mass is 524 g/mol. The third-order valence-electron chi connectivity index (χ3n) is 7.50. The van der Waals surface area contributed by atoms with E-state index in [9.17, 15) is 4.79 Å². The van der Waals surface area contributed by atoms with Gasteiger partial charge in [0, 0.05) is 29.9 Å². The van der Waals surface area contributed by atoms with Gasteiger partial charge in [0.25, 0.3) is 0 Å². The van der Waals surface area contributed by atoms with Gasteiger partial charge < -0.3 is 14.8 Å². The SMILES string of the molecule is Cc1nn(C)c(C)c1-c1nc2nccc(-c3ccc4c(c3)CCC[C@@H]4NC(=O)c3nc(C(C)(C)C)no3)c2[nH]1. The van der Waals surface area contributed by atoms with Crippen molar-refractivity contribution in [3.63, 3.8) is 0 Å². The lowest BCUT2D eigenvalue weighted by atomic mass is 9.85. The Morgan fingerprint density at radius 3 is 2.72 bits per heavy atom. The first-order chi connectivity index (χ1) is 18.6. The number of fused-ring (bicyclic) bond motifs is 2. The Morgan fingerprint density at radius 1 is 1.18 bits per heavy atom. The van der Waals surface area contributed by atoms with Crippen molar-refractivity contribution in [1.82, 2.24) is 40.2 Å². The number of pyridine rings is 1. The molecule has 1 aromatic carbocycles. The summed E-state index contributed by atoms with van der Waals surface area (Å²) in [6.07, 6.45) is 4.56. The van der Waals surface area contributed by atoms with E-state index in [-0.39, 0.29) is 23.3 Å². The van der Waals surface area contributed by atoms with Gasteiger partial charge in [-0.1, -0.05) is 44.1 Å². The molecule has 0 bridgehead atoms. The minimum atomic E-state index is -0.346. The molecule has 10 nitrogen and oxygen atoms in total. The van der Waals surface area contributed by atoms with E-state index in [4.69, 9.17) is 9.51 Å². The van der Waals surface area contributed by atoms with Gasteiger partial charge in [0.1, 0.15) is 5.82 Å². The Morgan fingerprint density at radius 2 is 2.00 bits per heavy atom. The first-order valence-corrected chi connectivity index (χ1v) is 13.2. The van der Waals surface area contributed by atoms with Gasteiger partial charge in [0.2, 0.25) is 0 Å². The van der Waals surface area contributed by atoms with Crippen molar-refractivity contribution in [1.29, 1.82) is 0 Å². The number of aryl methyl sites for hydroxylation is 3. The second-order valence-corrected chi connectivity index (χ2v) is 11.3. The van der Waals surface area contributed by atoms with E-state index in [0.29, 0.717) is 11.5 Å². The van der Waals surface area contributed by atoms with Crippen LogP contribution in [0.1, 0.15) is 78.7 Å². The van der Waals surface area contributed by atoms with Gasteiger partial charge in [-0.15, -0.1) is 0 Å². The number of hydrogen-bond acceptors (Lipinski definition) is 7. The molecule has 10 heteroatoms. The maximum absolute atomic E-state index is 12.9. The lowest BCUT2D eigenvalue weighted by Crippen LogP contribution is -2.31. The maximum atomic E-state index is 12.9. The molecule has 0 radical (unpaired) electrons. The molecule has 4 aromatic heterocycles. The summed E-state index contributed by atoms with van der Waals surface area (Å²) in [5.74, 6) is 0.934. The van der Waals surface area contributed by atoms with Crippen molar-refractivity contribution in [3.8, 4) is 22.5 Å². The zero-order valence-electron chi connectivity index (χ0n) is 23.1. The molecule has 0 spiro atoms. The van der Waals surface area contributed by atoms with Crippen LogP contribution < -0.4 is 5.32 Å². The Balaban J connectivity index is 1.31. The number of imidazole rings is 1. The number of benzene rings is 1. The van der Waals surface area contributed by atoms with Crippen LogP contribution in [-0.2, 0) is 18.9 Å². The highest BCUT2D eigenvalue weighted by Crippen LogP contribution is 2.36. The summed E-state index contributed by atoms with van der Waals surface area (Å²) in [4.78, 5) is 30.1. The van der Waals surface area contributed by atoms with Crippen LogP contribution in [0, 0.1) is 13.8 Å². The average molecular weight is 525 g/mol. The highest BCUT2D eigenvalue weighted by molar-refractivity contribution is 5.92. The molecule has 0 saturated heterocycles. The number of amides is 1. The smallest absolute Gasteiger partial charge is 0.315 e. The van der Waals surface area contributed by atoms with Crippen molar-refractivity contribution in [2.45, 2.75) is 65.3 Å². The number of aromatic amines is 1. The molecule has 200 valence electrons. The van der Waals surface area contributed by atoms with Crippen LogP contribution in [0.15, 0.2) is 35.0 Å². The van der Waals surface area contributed by atoms with Gasteiger partial charge in [-0.05, 0) is 55.9 Å². The summed E-state index contributed by atoms with van der Waals surface area (Å²) in [5.41, 5.74) is 8.68. The summed E-state index contributed by atoms with van der Waals surface area (Å²) < 4.78 is 7.12. The summed E-state index contributed by atoms with van der Waals surface area (Å²) in [7, 11) is 1.94. The second kappa shape index (κ2) is 9.14. The zero-order chi connectivity index (χ0) is 27.5. The maximum Gasteiger partial charge on any atom is 0.315 e. The molecule has 1 aliphatic carbocycles. The normalized spacial score (nSPS) is 15.5. The van der Waals surface area contributed by atoms with Crippen LogP contribution in [0.5, 0.6) is 0 Å². The molecule has 0 saturated carbocycles. The summed E-state index contributed by atoms with van der Waals surface area (Å²) in [6, 6.07) is 8.33. The molecule has 6 rings (SSSR count). The fourth-order valence-corrected chi connectivity index (χ4v) is 5.36. The van der Waals surface area contributed by atoms with E-state index in [2.05, 4.69) is 48.7 Å². The average Bonchev–Trinajstić information content (AvgIpc) is 3.61. The largest absolute Gasteiger partial charge is 0.341 e. The fraction of sp³-hybridized carbons (Fsp3) is 0.379. The third kappa shape index (κ3) is 4.39. The molecule has 0 fully saturated rings. The van der Waals surface area contributed by atoms with E-state index in [0.717, 1.165) is 64.2 Å². The number of rotatable bonds is 4. The first kappa shape index (κ1) is 25.0. The Labute approximate surface area is 226 Å². The topological polar surface area (TPSA) is 127 Å². The van der Waals surface area contributed by atoms with Crippen LogP contribution in [0.2, 0.25) is 0 Å². The summed E-state index contributed by atoms with van der Waals surface area (Å²) in [6.45, 7) is 9.98. The van der Waals surface area contributed by atoms with Crippen LogP contribution in [0.25, 0.3) is 33.7 Å². The van der Waals surface area contributed by atoms with E-state index >= 15 is 0 Å². The second-order valence-electron chi connectivity index (χ2n) is 11.3. The quantitative estimate of drug-likeness (QED) is 0.334. The van der Waals surface area contributed by atoms with Crippen molar-refractivity contribution < 1.29 is 9.32 Å². The van der Waals surface area contributed by atoms with E-state index in [1.807, 2.05) is 52.4 Å². The molecule has 4 heterocycles. The van der Waals surface area contributed by atoms with Crippen LogP contribution in [0.4, 0.5) is 0 Å². The first-order valence-electron chi connectivity index (χ1n) is 13.2. The lowest BCUT2D eigenvalue weighted by Gasteiger charge is -2.26. The van der Waals surface area contributed by atoms with Gasteiger partial charge in [0.05, 0.1) is 22.8 Å². The van der Waals surface area contributed by atoms with Crippen molar-refractivity contribution in [2.75, 3.05) is 0 Å². The number of aromatic nitrogens is 7.